The van der Waals surface area contributed by atoms with Gasteiger partial charge in [-0.05, 0) is 122 Å². The van der Waals surface area contributed by atoms with E-state index in [2.05, 4.69) is 20.4 Å². The number of ether oxygens (including phenoxy) is 2. The third-order valence-corrected chi connectivity index (χ3v) is 12.0. The van der Waals surface area contributed by atoms with Gasteiger partial charge >= 0.3 is 12.4 Å². The first-order chi connectivity index (χ1) is 35.8. The fourth-order valence-electron chi connectivity index (χ4n) is 7.25. The third kappa shape index (κ3) is 19.4. The van der Waals surface area contributed by atoms with Crippen molar-refractivity contribution in [2.45, 2.75) is 64.1 Å². The summed E-state index contributed by atoms with van der Waals surface area (Å²) in [5.41, 5.74) is 3.94. The molecule has 5 amide bonds. The van der Waals surface area contributed by atoms with Crippen LogP contribution in [0.2, 0.25) is 20.1 Å². The molecule has 0 spiro atoms. The minimum absolute atomic E-state index is 0.00154. The summed E-state index contributed by atoms with van der Waals surface area (Å²) in [5, 5.41) is 15.4. The van der Waals surface area contributed by atoms with Crippen molar-refractivity contribution in [2.75, 3.05) is 53.6 Å². The zero-order valence-electron chi connectivity index (χ0n) is 41.7. The van der Waals surface area contributed by atoms with Gasteiger partial charge in [0.1, 0.15) is 32.8 Å². The molecule has 2 unspecified atom stereocenters. The first kappa shape index (κ1) is 63.5. The molecule has 2 aliphatic rings. The smallest absolute Gasteiger partial charge is 0.384 e. The van der Waals surface area contributed by atoms with Gasteiger partial charge in [-0.3, -0.25) is 33.7 Å². The van der Waals surface area contributed by atoms with E-state index in [1.54, 1.807) is 91.2 Å². The van der Waals surface area contributed by atoms with Crippen LogP contribution in [0.25, 0.3) is 0 Å². The quantitative estimate of drug-likeness (QED) is 0.0716. The van der Waals surface area contributed by atoms with Crippen LogP contribution in [0, 0.1) is 13.8 Å². The van der Waals surface area contributed by atoms with Gasteiger partial charge < -0.3 is 35.1 Å². The van der Waals surface area contributed by atoms with Gasteiger partial charge in [-0.25, -0.2) is 0 Å². The number of alkyl halides is 6. The molecule has 0 bridgehead atoms. The number of imide groups is 1. The zero-order valence-corrected chi connectivity index (χ0v) is 45.4. The lowest BCUT2D eigenvalue weighted by Gasteiger charge is -2.22. The predicted molar refractivity (Wildman–Crippen MR) is 276 cm³/mol. The van der Waals surface area contributed by atoms with Crippen molar-refractivity contribution in [1.29, 1.82) is 0 Å². The standard InChI is InChI=1S/C25H24Cl2F3N3O5.C22H20Cl2F3N3O3.C3H5ClO2/c1-14-6-15(20-10-24(2,38-32-20)16-7-17(26)9-18(27)8-16)4-5-19(14)23(36)33(22(35)12-37-3)11-21(34)31-13-25(28,29)30;1-12-5-13(3-4-17(12)20(32)28-10-19(31)29-11-22(25,26)27)18-9-21(2,33-30-18)14-6-15(23)8-16(24)7-14;1-6-2-3(4)5/h4-9H,10-13H2,1-3H3,(H,31,34);3-8H,9-11H2,1-2H3,(H,28,32)(H,29,31);2H2,1H3. The highest BCUT2D eigenvalue weighted by atomic mass is 35.5. The van der Waals surface area contributed by atoms with Crippen LogP contribution in [-0.2, 0) is 49.5 Å². The molecule has 4 aromatic rings. The van der Waals surface area contributed by atoms with Crippen LogP contribution in [-0.4, -0.2) is 117 Å². The molecule has 0 aliphatic carbocycles. The SMILES string of the molecule is COCC(=O)Cl.COCC(=O)N(CC(=O)NCC(F)(F)F)C(=O)c1ccc(C2=NOC(C)(c3cc(Cl)cc(Cl)c3)C2)cc1C.Cc1cc(C2=NOC(C)(c3cc(Cl)cc(Cl)c3)C2)ccc1C(=O)NCC(=O)NCC(F)(F)F. The van der Waals surface area contributed by atoms with Crippen LogP contribution in [0.1, 0.15) is 80.8 Å². The van der Waals surface area contributed by atoms with E-state index in [0.29, 0.717) is 65.9 Å². The van der Waals surface area contributed by atoms with Crippen molar-refractivity contribution in [3.8, 4) is 0 Å². The molecule has 2 aliphatic heterocycles. The maximum atomic E-state index is 13.2. The Labute approximate surface area is 462 Å². The lowest BCUT2D eigenvalue weighted by Crippen LogP contribution is -2.47. The van der Waals surface area contributed by atoms with Crippen molar-refractivity contribution in [2.24, 2.45) is 10.3 Å². The minimum atomic E-state index is -4.64. The first-order valence-electron chi connectivity index (χ1n) is 22.5. The molecule has 416 valence electrons. The number of benzene rings is 4. The molecule has 3 N–H and O–H groups in total. The fraction of sp³-hybridized carbons (Fsp3) is 0.360. The molecule has 27 heteroatoms. The van der Waals surface area contributed by atoms with E-state index < -0.39 is 91.1 Å². The minimum Gasteiger partial charge on any atom is -0.384 e. The number of amides is 5. The summed E-state index contributed by atoms with van der Waals surface area (Å²) in [5.74, 6) is -4.40. The maximum absolute atomic E-state index is 13.2. The van der Waals surface area contributed by atoms with E-state index in [1.165, 1.54) is 20.3 Å². The molecule has 0 saturated carbocycles. The average molecular weight is 1190 g/mol. The van der Waals surface area contributed by atoms with E-state index in [9.17, 15) is 55.1 Å². The van der Waals surface area contributed by atoms with Gasteiger partial charge in [0, 0.05) is 69.4 Å². The molecule has 0 aromatic heterocycles. The van der Waals surface area contributed by atoms with E-state index in [4.69, 9.17) is 72.4 Å². The van der Waals surface area contributed by atoms with Gasteiger partial charge in [0.15, 0.2) is 11.2 Å². The molecule has 0 radical (unpaired) electrons. The van der Waals surface area contributed by atoms with E-state index >= 15 is 0 Å². The second-order valence-corrected chi connectivity index (χ2v) is 19.6. The number of hydrogen-bond acceptors (Lipinski definition) is 12. The summed E-state index contributed by atoms with van der Waals surface area (Å²) in [6.07, 6.45) is -8.36. The third-order valence-electron chi connectivity index (χ3n) is 11.0. The van der Waals surface area contributed by atoms with Gasteiger partial charge in [0.2, 0.25) is 17.1 Å². The first-order valence-corrected chi connectivity index (χ1v) is 24.4. The van der Waals surface area contributed by atoms with Crippen molar-refractivity contribution in [3.63, 3.8) is 0 Å². The van der Waals surface area contributed by atoms with Crippen molar-refractivity contribution < 1.29 is 74.3 Å². The molecule has 77 heavy (non-hydrogen) atoms. The predicted octanol–water partition coefficient (Wildman–Crippen LogP) is 9.78. The van der Waals surface area contributed by atoms with Gasteiger partial charge in [-0.1, -0.05) is 68.8 Å². The van der Waals surface area contributed by atoms with Crippen LogP contribution in [0.4, 0.5) is 26.3 Å². The largest absolute Gasteiger partial charge is 0.405 e. The molecule has 0 fully saturated rings. The van der Waals surface area contributed by atoms with Gasteiger partial charge in [-0.15, -0.1) is 0 Å². The molecule has 6 rings (SSSR count). The highest BCUT2D eigenvalue weighted by Crippen LogP contribution is 2.40. The number of nitrogens with one attached hydrogen (secondary N) is 3. The number of oxime groups is 2. The molecule has 4 aromatic carbocycles. The molecular weight excluding hydrogens is 1140 g/mol. The lowest BCUT2D eigenvalue weighted by atomic mass is 9.88. The lowest BCUT2D eigenvalue weighted by molar-refractivity contribution is -0.142. The number of carbonyl (C=O) groups is 6. The number of aryl methyl sites for hydroxylation is 2. The molecule has 0 saturated heterocycles. The molecule has 16 nitrogen and oxygen atoms in total. The van der Waals surface area contributed by atoms with E-state index in [0.717, 1.165) is 16.7 Å². The summed E-state index contributed by atoms with van der Waals surface area (Å²) < 4.78 is 82.8. The maximum Gasteiger partial charge on any atom is 0.405 e. The number of rotatable bonds is 16. The molecule has 2 atom stereocenters. The normalized spacial score (nSPS) is 16.7. The van der Waals surface area contributed by atoms with Crippen LogP contribution >= 0.6 is 58.0 Å². The Morgan fingerprint density at radius 2 is 1.04 bits per heavy atom. The highest BCUT2D eigenvalue weighted by molar-refractivity contribution is 6.63. The Hall–Kier alpha value is -6.01. The van der Waals surface area contributed by atoms with Crippen molar-refractivity contribution >= 4 is 104 Å². The molecular formula is C50H49Cl5F6N6O10. The van der Waals surface area contributed by atoms with Crippen LogP contribution in [0.3, 0.4) is 0 Å². The summed E-state index contributed by atoms with van der Waals surface area (Å²) >= 11 is 29.3. The number of methoxy groups -OCH3 is 2. The summed E-state index contributed by atoms with van der Waals surface area (Å²) in [7, 11) is 2.63. The topological polar surface area (TPSA) is 203 Å². The van der Waals surface area contributed by atoms with Gasteiger partial charge in [-0.2, -0.15) is 26.3 Å². The Morgan fingerprint density at radius 3 is 1.42 bits per heavy atom. The van der Waals surface area contributed by atoms with Gasteiger partial charge in [0.25, 0.3) is 17.7 Å². The Bertz CT molecular complexity index is 2890. The fourth-order valence-corrected chi connectivity index (χ4v) is 8.41. The van der Waals surface area contributed by atoms with Crippen molar-refractivity contribution in [1.82, 2.24) is 20.9 Å². The van der Waals surface area contributed by atoms with Crippen LogP contribution < -0.4 is 16.0 Å². The average Bonchev–Trinajstić information content (AvgIpc) is 3.94. The second-order valence-electron chi connectivity index (χ2n) is 17.4. The summed E-state index contributed by atoms with van der Waals surface area (Å²) in [6, 6.07) is 19.9. The number of hydrogen-bond donors (Lipinski definition) is 3. The number of carbonyl (C=O) groups excluding carboxylic acids is 6. The number of nitrogens with zero attached hydrogens (tertiary/aromatic N) is 3. The Morgan fingerprint density at radius 1 is 0.623 bits per heavy atom. The zero-order chi connectivity index (χ0) is 57.6. The Balaban J connectivity index is 0.000000303. The van der Waals surface area contributed by atoms with E-state index in [-0.39, 0.29) is 17.7 Å². The molecule has 2 heterocycles. The monoisotopic (exact) mass is 1180 g/mol. The van der Waals surface area contributed by atoms with Crippen LogP contribution in [0.15, 0.2) is 83.1 Å². The van der Waals surface area contributed by atoms with Gasteiger partial charge in [0.05, 0.1) is 18.0 Å². The number of halogens is 11. The highest BCUT2D eigenvalue weighted by Gasteiger charge is 2.39. The summed E-state index contributed by atoms with van der Waals surface area (Å²) in [4.78, 5) is 83.2. The van der Waals surface area contributed by atoms with Crippen LogP contribution in [0.5, 0.6) is 0 Å². The summed E-state index contributed by atoms with van der Waals surface area (Å²) in [6.45, 7) is 1.95. The van der Waals surface area contributed by atoms with Crippen molar-refractivity contribution in [3.05, 3.63) is 137 Å². The second kappa shape index (κ2) is 27.5. The van der Waals surface area contributed by atoms with E-state index in [1.807, 2.05) is 13.8 Å². The Kier molecular flexibility index (Phi) is 22.7.